The summed E-state index contributed by atoms with van der Waals surface area (Å²) in [5, 5.41) is 14.5. The fourth-order valence-corrected chi connectivity index (χ4v) is 2.60. The molecule has 4 heteroatoms. The zero-order chi connectivity index (χ0) is 10.4. The maximum atomic E-state index is 9.04. The van der Waals surface area contributed by atoms with Crippen LogP contribution in [0.25, 0.3) is 0 Å². The summed E-state index contributed by atoms with van der Waals surface area (Å²) >= 11 is 5.18. The Morgan fingerprint density at radius 2 is 2.43 bits per heavy atom. The van der Waals surface area contributed by atoms with E-state index >= 15 is 0 Å². The molecule has 0 saturated carbocycles. The van der Waals surface area contributed by atoms with E-state index in [2.05, 4.69) is 32.7 Å². The highest BCUT2D eigenvalue weighted by molar-refractivity contribution is 9.10. The van der Waals surface area contributed by atoms with Crippen LogP contribution in [0, 0.1) is 0 Å². The lowest BCUT2D eigenvalue weighted by Crippen LogP contribution is -2.15. The number of rotatable bonds is 6. The second-order valence-electron chi connectivity index (χ2n) is 3.40. The summed E-state index contributed by atoms with van der Waals surface area (Å²) in [4.78, 5) is 1.34. The first-order chi connectivity index (χ1) is 6.68. The van der Waals surface area contributed by atoms with Gasteiger partial charge in [0.15, 0.2) is 0 Å². The number of nitrogens with one attached hydrogen (secondary N) is 1. The molecule has 0 bridgehead atoms. The summed E-state index contributed by atoms with van der Waals surface area (Å²) < 4.78 is 1.16. The Morgan fingerprint density at radius 1 is 1.64 bits per heavy atom. The summed E-state index contributed by atoms with van der Waals surface area (Å²) in [6, 6.07) is 2.13. The van der Waals surface area contributed by atoms with Crippen LogP contribution in [-0.2, 0) is 6.54 Å². The van der Waals surface area contributed by atoms with E-state index in [1.54, 1.807) is 11.3 Å². The van der Waals surface area contributed by atoms with E-state index in [-0.39, 0.29) is 6.10 Å². The highest BCUT2D eigenvalue weighted by atomic mass is 79.9. The molecule has 0 saturated heterocycles. The third kappa shape index (κ3) is 5.10. The van der Waals surface area contributed by atoms with Gasteiger partial charge in [-0.3, -0.25) is 0 Å². The molecule has 1 heterocycles. The molecule has 0 aromatic carbocycles. The number of hydrogen-bond donors (Lipinski definition) is 2. The first-order valence-corrected chi connectivity index (χ1v) is 6.47. The van der Waals surface area contributed by atoms with Gasteiger partial charge >= 0.3 is 0 Å². The lowest BCUT2D eigenvalue weighted by molar-refractivity contribution is 0.181. The molecule has 0 spiro atoms. The molecule has 1 rings (SSSR count). The van der Waals surface area contributed by atoms with Crippen LogP contribution in [-0.4, -0.2) is 17.8 Å². The lowest BCUT2D eigenvalue weighted by Gasteiger charge is -2.04. The number of aliphatic hydroxyl groups excluding tert-OH is 1. The van der Waals surface area contributed by atoms with Gasteiger partial charge in [-0.2, -0.15) is 0 Å². The van der Waals surface area contributed by atoms with E-state index in [9.17, 15) is 0 Å². The van der Waals surface area contributed by atoms with Gasteiger partial charge in [0.2, 0.25) is 0 Å². The molecule has 14 heavy (non-hydrogen) atoms. The third-order valence-corrected chi connectivity index (χ3v) is 3.59. The van der Waals surface area contributed by atoms with Crippen LogP contribution in [0.4, 0.5) is 0 Å². The molecule has 0 amide bonds. The van der Waals surface area contributed by atoms with Gasteiger partial charge in [0.05, 0.1) is 6.10 Å². The Bertz CT molecular complexity index is 262. The minimum Gasteiger partial charge on any atom is -0.393 e. The second-order valence-corrected chi connectivity index (χ2v) is 5.31. The van der Waals surface area contributed by atoms with Crippen molar-refractivity contribution in [3.05, 3.63) is 20.8 Å². The second kappa shape index (κ2) is 6.56. The van der Waals surface area contributed by atoms with Crippen molar-refractivity contribution in [2.24, 2.45) is 0 Å². The number of halogens is 1. The van der Waals surface area contributed by atoms with E-state index in [0.29, 0.717) is 0 Å². The van der Waals surface area contributed by atoms with E-state index in [0.717, 1.165) is 30.4 Å². The van der Waals surface area contributed by atoms with E-state index in [4.69, 9.17) is 5.11 Å². The highest BCUT2D eigenvalue weighted by Gasteiger charge is 1.97. The fourth-order valence-electron chi connectivity index (χ4n) is 1.18. The van der Waals surface area contributed by atoms with Gasteiger partial charge in [0, 0.05) is 21.3 Å². The number of thiophene rings is 1. The summed E-state index contributed by atoms with van der Waals surface area (Å²) in [7, 11) is 0. The minimum atomic E-state index is -0.173. The van der Waals surface area contributed by atoms with Crippen molar-refractivity contribution in [1.29, 1.82) is 0 Å². The van der Waals surface area contributed by atoms with Gasteiger partial charge in [-0.05, 0) is 48.3 Å². The molecule has 1 unspecified atom stereocenters. The molecule has 0 aliphatic rings. The molecule has 2 nitrogen and oxygen atoms in total. The largest absolute Gasteiger partial charge is 0.393 e. The molecule has 0 radical (unpaired) electrons. The van der Waals surface area contributed by atoms with Gasteiger partial charge in [-0.25, -0.2) is 0 Å². The smallest absolute Gasteiger partial charge is 0.0512 e. The molecule has 0 aliphatic heterocycles. The maximum Gasteiger partial charge on any atom is 0.0512 e. The van der Waals surface area contributed by atoms with Crippen molar-refractivity contribution >= 4 is 27.3 Å². The van der Waals surface area contributed by atoms with Gasteiger partial charge < -0.3 is 10.4 Å². The van der Waals surface area contributed by atoms with Crippen LogP contribution >= 0.6 is 27.3 Å². The summed E-state index contributed by atoms with van der Waals surface area (Å²) in [6.07, 6.45) is 1.73. The molecule has 1 atom stereocenters. The monoisotopic (exact) mass is 277 g/mol. The van der Waals surface area contributed by atoms with Crippen LogP contribution in [0.1, 0.15) is 24.6 Å². The van der Waals surface area contributed by atoms with Gasteiger partial charge in [-0.1, -0.05) is 0 Å². The normalized spacial score (nSPS) is 13.1. The van der Waals surface area contributed by atoms with Crippen molar-refractivity contribution in [3.63, 3.8) is 0 Å². The van der Waals surface area contributed by atoms with Crippen molar-refractivity contribution < 1.29 is 5.11 Å². The van der Waals surface area contributed by atoms with Crippen LogP contribution < -0.4 is 5.32 Å². The maximum absolute atomic E-state index is 9.04. The Balaban J connectivity index is 2.04. The number of hydrogen-bond acceptors (Lipinski definition) is 3. The molecular weight excluding hydrogens is 262 g/mol. The van der Waals surface area contributed by atoms with Crippen LogP contribution in [0.2, 0.25) is 0 Å². The molecule has 0 aliphatic carbocycles. The lowest BCUT2D eigenvalue weighted by atomic mass is 10.2. The third-order valence-electron chi connectivity index (χ3n) is 1.90. The quantitative estimate of drug-likeness (QED) is 0.784. The Hall–Kier alpha value is 0.1000. The van der Waals surface area contributed by atoms with Crippen molar-refractivity contribution in [1.82, 2.24) is 5.32 Å². The van der Waals surface area contributed by atoms with E-state index in [1.165, 1.54) is 4.88 Å². The molecule has 0 fully saturated rings. The van der Waals surface area contributed by atoms with E-state index < -0.39 is 0 Å². The molecule has 80 valence electrons. The SMILES string of the molecule is CC(O)CCCNCc1cc(Br)cs1. The topological polar surface area (TPSA) is 32.3 Å². The van der Waals surface area contributed by atoms with Crippen molar-refractivity contribution in [2.45, 2.75) is 32.4 Å². The first kappa shape index (κ1) is 12.2. The standard InChI is InChI=1S/C10H16BrNOS/c1-8(13)3-2-4-12-6-10-5-9(11)7-14-10/h5,7-8,12-13H,2-4,6H2,1H3. The summed E-state index contributed by atoms with van der Waals surface area (Å²) in [6.45, 7) is 3.73. The van der Waals surface area contributed by atoms with Gasteiger partial charge in [0.1, 0.15) is 0 Å². The van der Waals surface area contributed by atoms with Crippen molar-refractivity contribution in [3.8, 4) is 0 Å². The first-order valence-electron chi connectivity index (χ1n) is 4.80. The van der Waals surface area contributed by atoms with E-state index in [1.807, 2.05) is 6.92 Å². The summed E-state index contributed by atoms with van der Waals surface area (Å²) in [5.41, 5.74) is 0. The Morgan fingerprint density at radius 3 is 3.00 bits per heavy atom. The number of aliphatic hydroxyl groups is 1. The summed E-state index contributed by atoms with van der Waals surface area (Å²) in [5.74, 6) is 0. The van der Waals surface area contributed by atoms with Gasteiger partial charge in [-0.15, -0.1) is 11.3 Å². The molecular formula is C10H16BrNOS. The average molecular weight is 278 g/mol. The fraction of sp³-hybridized carbons (Fsp3) is 0.600. The average Bonchev–Trinajstić information content (AvgIpc) is 2.50. The van der Waals surface area contributed by atoms with Gasteiger partial charge in [0.25, 0.3) is 0 Å². The molecule has 1 aromatic heterocycles. The zero-order valence-corrected chi connectivity index (χ0v) is 10.7. The minimum absolute atomic E-state index is 0.173. The Kier molecular flexibility index (Phi) is 5.70. The predicted molar refractivity (Wildman–Crippen MR) is 64.6 cm³/mol. The predicted octanol–water partition coefficient (Wildman–Crippen LogP) is 2.76. The highest BCUT2D eigenvalue weighted by Crippen LogP contribution is 2.19. The van der Waals surface area contributed by atoms with Crippen molar-refractivity contribution in [2.75, 3.05) is 6.54 Å². The molecule has 2 N–H and O–H groups in total. The zero-order valence-electron chi connectivity index (χ0n) is 8.29. The van der Waals surface area contributed by atoms with Crippen LogP contribution in [0.5, 0.6) is 0 Å². The van der Waals surface area contributed by atoms with Crippen LogP contribution in [0.3, 0.4) is 0 Å². The van der Waals surface area contributed by atoms with Crippen LogP contribution in [0.15, 0.2) is 15.9 Å². The Labute approximate surface area is 97.5 Å². The molecule has 1 aromatic rings.